The Morgan fingerprint density at radius 1 is 1.14 bits per heavy atom. The lowest BCUT2D eigenvalue weighted by atomic mass is 9.76. The maximum absolute atomic E-state index is 13.6. The molecule has 1 saturated carbocycles. The third-order valence-corrected chi connectivity index (χ3v) is 7.62. The molecule has 0 radical (unpaired) electrons. The number of thioether (sulfide) groups is 1. The van der Waals surface area contributed by atoms with Crippen LogP contribution in [0.4, 0.5) is 5.69 Å². The predicted molar refractivity (Wildman–Crippen MR) is 108 cm³/mol. The van der Waals surface area contributed by atoms with Gasteiger partial charge in [-0.15, -0.1) is 0 Å². The van der Waals surface area contributed by atoms with E-state index in [9.17, 15) is 14.4 Å². The second-order valence-corrected chi connectivity index (χ2v) is 9.31. The molecule has 3 amide bonds. The smallest absolute Gasteiger partial charge is 0.250 e. The highest BCUT2D eigenvalue weighted by atomic mass is 32.2. The number of nitrogens with zero attached hydrogens (tertiary/aromatic N) is 1. The number of benzene rings is 1. The molecule has 0 unspecified atom stereocenters. The van der Waals surface area contributed by atoms with Crippen LogP contribution < -0.4 is 10.6 Å². The molecule has 3 aliphatic heterocycles. The van der Waals surface area contributed by atoms with Crippen LogP contribution in [0.5, 0.6) is 0 Å². The van der Waals surface area contributed by atoms with Crippen molar-refractivity contribution in [1.82, 2.24) is 10.2 Å². The van der Waals surface area contributed by atoms with Crippen LogP contribution in [0, 0.1) is 11.8 Å². The summed E-state index contributed by atoms with van der Waals surface area (Å²) in [6, 6.07) is 7.37. The van der Waals surface area contributed by atoms with E-state index < -0.39 is 17.4 Å². The Morgan fingerprint density at radius 2 is 1.89 bits per heavy atom. The normalized spacial score (nSPS) is 34.4. The van der Waals surface area contributed by atoms with Gasteiger partial charge in [0, 0.05) is 23.3 Å². The summed E-state index contributed by atoms with van der Waals surface area (Å²) in [4.78, 5) is 41.8. The number of hydrogen-bond donors (Lipinski definition) is 2. The van der Waals surface area contributed by atoms with Crippen molar-refractivity contribution in [3.05, 3.63) is 29.8 Å². The fourth-order valence-corrected chi connectivity index (χ4v) is 6.29. The number of hydrogen-bond acceptors (Lipinski definition) is 5. The molecule has 3 heterocycles. The number of likely N-dealkylation sites (tertiary alicyclic amines) is 1. The van der Waals surface area contributed by atoms with Gasteiger partial charge in [0.2, 0.25) is 17.7 Å². The van der Waals surface area contributed by atoms with Crippen LogP contribution in [0.15, 0.2) is 24.3 Å². The lowest BCUT2D eigenvalue weighted by Gasteiger charge is -2.31. The molecular weight excluding hydrogens is 374 g/mol. The zero-order chi connectivity index (χ0) is 19.5. The predicted octanol–water partition coefficient (Wildman–Crippen LogP) is 2.10. The number of carbonyl (C=O) groups is 3. The standard InChI is InChI=1S/C21H25N3O3S/c1-28-11-10-15-16-17(19(26)24(18(16)25)12-6-2-3-7-12)21(23-15)13-8-4-5-9-14(13)22-20(21)27/h4-5,8-9,12,15-17,23H,2-3,6-7,10-11H2,1H3,(H,22,27)/t15-,16+,17+,21-/m1/s1. The van der Waals surface area contributed by atoms with Gasteiger partial charge in [-0.2, -0.15) is 11.8 Å². The van der Waals surface area contributed by atoms with Crippen molar-refractivity contribution in [2.45, 2.75) is 49.7 Å². The lowest BCUT2D eigenvalue weighted by Crippen LogP contribution is -2.54. The van der Waals surface area contributed by atoms with E-state index in [1.807, 2.05) is 30.5 Å². The Labute approximate surface area is 168 Å². The summed E-state index contributed by atoms with van der Waals surface area (Å²) in [5, 5.41) is 6.44. The minimum absolute atomic E-state index is 0.00329. The summed E-state index contributed by atoms with van der Waals surface area (Å²) in [5.74, 6) is -0.675. The number of para-hydroxylation sites is 1. The van der Waals surface area contributed by atoms with Gasteiger partial charge in [-0.1, -0.05) is 31.0 Å². The second kappa shape index (κ2) is 6.59. The van der Waals surface area contributed by atoms with Crippen molar-refractivity contribution in [1.29, 1.82) is 0 Å². The molecule has 6 nitrogen and oxygen atoms in total. The Balaban J connectivity index is 1.61. The van der Waals surface area contributed by atoms with Crippen molar-refractivity contribution in [2.24, 2.45) is 11.8 Å². The van der Waals surface area contributed by atoms with Crippen LogP contribution in [0.2, 0.25) is 0 Å². The van der Waals surface area contributed by atoms with Gasteiger partial charge in [-0.25, -0.2) is 0 Å². The van der Waals surface area contributed by atoms with E-state index in [4.69, 9.17) is 0 Å². The second-order valence-electron chi connectivity index (χ2n) is 8.33. The molecule has 0 aromatic heterocycles. The molecule has 4 aliphatic rings. The van der Waals surface area contributed by atoms with Crippen molar-refractivity contribution < 1.29 is 14.4 Å². The van der Waals surface area contributed by atoms with Gasteiger partial charge in [0.05, 0.1) is 11.8 Å². The van der Waals surface area contributed by atoms with E-state index in [1.165, 1.54) is 4.90 Å². The van der Waals surface area contributed by atoms with Crippen LogP contribution in [-0.4, -0.2) is 46.7 Å². The van der Waals surface area contributed by atoms with Crippen LogP contribution in [0.1, 0.15) is 37.7 Å². The molecule has 1 spiro atoms. The highest BCUT2D eigenvalue weighted by Gasteiger charge is 2.70. The monoisotopic (exact) mass is 399 g/mol. The average molecular weight is 400 g/mol. The molecular formula is C21H25N3O3S. The first-order valence-corrected chi connectivity index (χ1v) is 11.5. The third kappa shape index (κ3) is 2.29. The molecule has 148 valence electrons. The summed E-state index contributed by atoms with van der Waals surface area (Å²) in [6.45, 7) is 0. The van der Waals surface area contributed by atoms with E-state index in [0.717, 1.165) is 49.1 Å². The molecule has 2 N–H and O–H groups in total. The highest BCUT2D eigenvalue weighted by molar-refractivity contribution is 7.98. The van der Waals surface area contributed by atoms with Gasteiger partial charge in [0.15, 0.2) is 0 Å². The van der Waals surface area contributed by atoms with E-state index in [-0.39, 0.29) is 29.8 Å². The van der Waals surface area contributed by atoms with Crippen LogP contribution in [0.25, 0.3) is 0 Å². The zero-order valence-electron chi connectivity index (χ0n) is 15.9. The zero-order valence-corrected chi connectivity index (χ0v) is 16.8. The number of imide groups is 1. The quantitative estimate of drug-likeness (QED) is 0.758. The van der Waals surface area contributed by atoms with Crippen LogP contribution in [0.3, 0.4) is 0 Å². The number of nitrogens with one attached hydrogen (secondary N) is 2. The van der Waals surface area contributed by atoms with Crippen molar-refractivity contribution >= 4 is 35.2 Å². The Bertz CT molecular complexity index is 853. The summed E-state index contributed by atoms with van der Waals surface area (Å²) >= 11 is 1.72. The first-order chi connectivity index (χ1) is 13.6. The van der Waals surface area contributed by atoms with Crippen LogP contribution >= 0.6 is 11.8 Å². The molecule has 2 saturated heterocycles. The molecule has 28 heavy (non-hydrogen) atoms. The number of amides is 3. The van der Waals surface area contributed by atoms with Crippen molar-refractivity contribution in [2.75, 3.05) is 17.3 Å². The fourth-order valence-electron chi connectivity index (χ4n) is 5.80. The van der Waals surface area contributed by atoms with Gasteiger partial charge >= 0.3 is 0 Å². The van der Waals surface area contributed by atoms with E-state index in [0.29, 0.717) is 0 Å². The molecule has 5 rings (SSSR count). The summed E-state index contributed by atoms with van der Waals surface area (Å²) in [5.41, 5.74) is 0.407. The van der Waals surface area contributed by atoms with E-state index >= 15 is 0 Å². The molecule has 1 aromatic carbocycles. The third-order valence-electron chi connectivity index (χ3n) is 6.98. The molecule has 7 heteroatoms. The Hall–Kier alpha value is -1.86. The van der Waals surface area contributed by atoms with Crippen molar-refractivity contribution in [3.63, 3.8) is 0 Å². The number of rotatable bonds is 4. The average Bonchev–Trinajstić information content (AvgIpc) is 3.42. The van der Waals surface area contributed by atoms with Gasteiger partial charge in [0.25, 0.3) is 0 Å². The fraction of sp³-hybridized carbons (Fsp3) is 0.571. The molecule has 0 bridgehead atoms. The van der Waals surface area contributed by atoms with E-state index in [2.05, 4.69) is 10.6 Å². The lowest BCUT2D eigenvalue weighted by molar-refractivity contribution is -0.145. The van der Waals surface area contributed by atoms with E-state index in [1.54, 1.807) is 11.8 Å². The first kappa shape index (κ1) is 18.2. The molecule has 1 aromatic rings. The van der Waals surface area contributed by atoms with Gasteiger partial charge < -0.3 is 5.32 Å². The maximum Gasteiger partial charge on any atom is 0.250 e. The largest absolute Gasteiger partial charge is 0.324 e. The maximum atomic E-state index is 13.6. The minimum Gasteiger partial charge on any atom is -0.324 e. The summed E-state index contributed by atoms with van der Waals surface area (Å²) in [7, 11) is 0. The first-order valence-electron chi connectivity index (χ1n) is 10.1. The SMILES string of the molecule is CSCC[C@H]1N[C@@]2(C(=O)Nc3ccccc32)[C@@H]2C(=O)N(C3CCCC3)C(=O)[C@H]21. The van der Waals surface area contributed by atoms with Gasteiger partial charge in [-0.3, -0.25) is 24.6 Å². The summed E-state index contributed by atoms with van der Waals surface area (Å²) in [6.07, 6.45) is 6.67. The van der Waals surface area contributed by atoms with Crippen LogP contribution in [-0.2, 0) is 19.9 Å². The topological polar surface area (TPSA) is 78.5 Å². The minimum atomic E-state index is -1.13. The summed E-state index contributed by atoms with van der Waals surface area (Å²) < 4.78 is 0. The molecule has 3 fully saturated rings. The van der Waals surface area contributed by atoms with Crippen molar-refractivity contribution in [3.8, 4) is 0 Å². The Morgan fingerprint density at radius 3 is 2.64 bits per heavy atom. The molecule has 4 atom stereocenters. The number of carbonyl (C=O) groups excluding carboxylic acids is 3. The number of anilines is 1. The Kier molecular flexibility index (Phi) is 4.28. The highest BCUT2D eigenvalue weighted by Crippen LogP contribution is 2.54. The van der Waals surface area contributed by atoms with Gasteiger partial charge in [0.1, 0.15) is 5.54 Å². The molecule has 1 aliphatic carbocycles. The van der Waals surface area contributed by atoms with Gasteiger partial charge in [-0.05, 0) is 37.3 Å². The number of fused-ring (bicyclic) bond motifs is 4.